The van der Waals surface area contributed by atoms with Crippen LogP contribution in [0.15, 0.2) is 40.9 Å². The highest BCUT2D eigenvalue weighted by atomic mass is 16.5. The van der Waals surface area contributed by atoms with Gasteiger partial charge in [0, 0.05) is 37.8 Å². The molecule has 1 aliphatic heterocycles. The summed E-state index contributed by atoms with van der Waals surface area (Å²) in [6.07, 6.45) is 2.16. The fourth-order valence-corrected chi connectivity index (χ4v) is 4.22. The number of rotatable bonds is 5. The zero-order valence-electron chi connectivity index (χ0n) is 18.4. The summed E-state index contributed by atoms with van der Waals surface area (Å²) >= 11 is 0. The molecule has 1 N–H and O–H groups in total. The maximum Gasteiger partial charge on any atom is 0.259 e. The minimum Gasteiger partial charge on any atom is -0.352 e. The van der Waals surface area contributed by atoms with Crippen LogP contribution < -0.4 is 5.32 Å². The van der Waals surface area contributed by atoms with Crippen LogP contribution in [0.2, 0.25) is 0 Å². The summed E-state index contributed by atoms with van der Waals surface area (Å²) in [5.41, 5.74) is 3.18. The second-order valence-corrected chi connectivity index (χ2v) is 8.66. The van der Waals surface area contributed by atoms with Gasteiger partial charge in [0.05, 0.1) is 28.4 Å². The molecule has 2 aliphatic rings. The van der Waals surface area contributed by atoms with E-state index in [1.54, 1.807) is 0 Å². The summed E-state index contributed by atoms with van der Waals surface area (Å²) in [4.78, 5) is 34.5. The number of piperazine rings is 1. The third kappa shape index (κ3) is 3.98. The Morgan fingerprint density at radius 3 is 2.53 bits per heavy atom. The van der Waals surface area contributed by atoms with Crippen LogP contribution in [0.3, 0.4) is 0 Å². The van der Waals surface area contributed by atoms with E-state index < -0.39 is 0 Å². The van der Waals surface area contributed by atoms with E-state index in [1.807, 2.05) is 55.1 Å². The van der Waals surface area contributed by atoms with Gasteiger partial charge in [-0.1, -0.05) is 35.5 Å². The van der Waals surface area contributed by atoms with Crippen molar-refractivity contribution in [2.45, 2.75) is 38.8 Å². The quantitative estimate of drug-likeness (QED) is 0.665. The minimum absolute atomic E-state index is 0.0596. The van der Waals surface area contributed by atoms with Crippen molar-refractivity contribution in [2.24, 2.45) is 0 Å². The molecule has 166 valence electrons. The van der Waals surface area contributed by atoms with Gasteiger partial charge < -0.3 is 14.7 Å². The molecule has 32 heavy (non-hydrogen) atoms. The van der Waals surface area contributed by atoms with Crippen LogP contribution in [0.25, 0.3) is 22.4 Å². The highest BCUT2D eigenvalue weighted by Crippen LogP contribution is 2.28. The fraction of sp³-hybridized carbons (Fsp3) is 0.417. The van der Waals surface area contributed by atoms with Crippen molar-refractivity contribution < 1.29 is 14.1 Å². The van der Waals surface area contributed by atoms with Crippen molar-refractivity contribution in [1.82, 2.24) is 25.3 Å². The Bertz CT molecular complexity index is 1150. The zero-order chi connectivity index (χ0) is 22.2. The molecule has 8 heteroatoms. The molecule has 0 bridgehead atoms. The summed E-state index contributed by atoms with van der Waals surface area (Å²) in [7, 11) is 0. The van der Waals surface area contributed by atoms with E-state index in [2.05, 4.69) is 20.4 Å². The Morgan fingerprint density at radius 2 is 1.84 bits per heavy atom. The highest BCUT2D eigenvalue weighted by molar-refractivity contribution is 6.07. The van der Waals surface area contributed by atoms with Crippen LogP contribution in [-0.2, 0) is 4.79 Å². The normalized spacial score (nSPS) is 18.0. The molecule has 3 aromatic rings. The first-order chi connectivity index (χ1) is 15.5. The second-order valence-electron chi connectivity index (χ2n) is 8.66. The van der Waals surface area contributed by atoms with Crippen LogP contribution in [0.5, 0.6) is 0 Å². The number of amides is 2. The highest BCUT2D eigenvalue weighted by Gasteiger charge is 2.32. The Hall–Kier alpha value is -3.26. The van der Waals surface area contributed by atoms with E-state index in [1.165, 1.54) is 0 Å². The first kappa shape index (κ1) is 20.6. The molecule has 1 aliphatic carbocycles. The van der Waals surface area contributed by atoms with Gasteiger partial charge in [-0.3, -0.25) is 14.5 Å². The number of aryl methyl sites for hydroxylation is 1. The summed E-state index contributed by atoms with van der Waals surface area (Å²) in [5, 5.41) is 7.77. The van der Waals surface area contributed by atoms with Crippen LogP contribution in [-0.4, -0.2) is 70.0 Å². The lowest BCUT2D eigenvalue weighted by Gasteiger charge is -2.37. The lowest BCUT2D eigenvalue weighted by Crippen LogP contribution is -2.55. The van der Waals surface area contributed by atoms with Gasteiger partial charge in [0.1, 0.15) is 0 Å². The Labute approximate surface area is 186 Å². The van der Waals surface area contributed by atoms with Gasteiger partial charge in [-0.2, -0.15) is 0 Å². The molecule has 1 atom stereocenters. The van der Waals surface area contributed by atoms with Crippen LogP contribution in [0.1, 0.15) is 35.8 Å². The summed E-state index contributed by atoms with van der Waals surface area (Å²) < 4.78 is 5.42. The molecule has 2 amide bonds. The zero-order valence-corrected chi connectivity index (χ0v) is 18.4. The Kier molecular flexibility index (Phi) is 5.38. The monoisotopic (exact) mass is 433 g/mol. The molecule has 3 heterocycles. The number of nitrogens with one attached hydrogen (secondary N) is 1. The molecular formula is C24H27N5O3. The van der Waals surface area contributed by atoms with E-state index in [0.29, 0.717) is 60.3 Å². The molecule has 1 saturated carbocycles. The standard InChI is InChI=1S/C24H27N5O3/c1-15-21-19(14-20(26-23(21)32-27-15)17-6-4-3-5-7-17)24(31)29-12-10-28(11-13-29)16(2)22(30)25-18-8-9-18/h3-7,14,16,18H,8-13H2,1-2H3,(H,25,30). The lowest BCUT2D eigenvalue weighted by atomic mass is 10.0. The van der Waals surface area contributed by atoms with Crippen molar-refractivity contribution in [3.8, 4) is 11.3 Å². The predicted octanol–water partition coefficient (Wildman–Crippen LogP) is 2.62. The number of benzene rings is 1. The predicted molar refractivity (Wildman–Crippen MR) is 120 cm³/mol. The lowest BCUT2D eigenvalue weighted by molar-refractivity contribution is -0.126. The largest absolute Gasteiger partial charge is 0.352 e. The molecular weight excluding hydrogens is 406 g/mol. The molecule has 1 saturated heterocycles. The first-order valence-corrected chi connectivity index (χ1v) is 11.2. The Morgan fingerprint density at radius 1 is 1.12 bits per heavy atom. The SMILES string of the molecule is Cc1noc2nc(-c3ccccc3)cc(C(=O)N3CCN(C(C)C(=O)NC4CC4)CC3)c12. The first-order valence-electron chi connectivity index (χ1n) is 11.2. The third-order valence-corrected chi connectivity index (χ3v) is 6.37. The molecule has 5 rings (SSSR count). The molecule has 0 radical (unpaired) electrons. The van der Waals surface area contributed by atoms with Crippen LogP contribution in [0.4, 0.5) is 0 Å². The molecule has 0 spiro atoms. The Balaban J connectivity index is 1.36. The van der Waals surface area contributed by atoms with E-state index in [4.69, 9.17) is 4.52 Å². The topological polar surface area (TPSA) is 91.6 Å². The number of pyridine rings is 1. The van der Waals surface area contributed by atoms with Gasteiger partial charge in [0.25, 0.3) is 11.6 Å². The number of aromatic nitrogens is 2. The minimum atomic E-state index is -0.189. The number of hydrogen-bond donors (Lipinski definition) is 1. The van der Waals surface area contributed by atoms with Crippen molar-refractivity contribution >= 4 is 22.9 Å². The van der Waals surface area contributed by atoms with E-state index in [9.17, 15) is 9.59 Å². The van der Waals surface area contributed by atoms with Gasteiger partial charge in [0.15, 0.2) is 0 Å². The van der Waals surface area contributed by atoms with Crippen molar-refractivity contribution in [1.29, 1.82) is 0 Å². The second kappa shape index (κ2) is 8.35. The van der Waals surface area contributed by atoms with E-state index >= 15 is 0 Å². The van der Waals surface area contributed by atoms with Gasteiger partial charge in [0.2, 0.25) is 5.91 Å². The molecule has 1 aromatic carbocycles. The van der Waals surface area contributed by atoms with Crippen molar-refractivity contribution in [2.75, 3.05) is 26.2 Å². The van der Waals surface area contributed by atoms with E-state index in [0.717, 1.165) is 18.4 Å². The molecule has 2 fully saturated rings. The average Bonchev–Trinajstić information content (AvgIpc) is 3.57. The number of hydrogen-bond acceptors (Lipinski definition) is 6. The van der Waals surface area contributed by atoms with Crippen molar-refractivity contribution in [3.05, 3.63) is 47.7 Å². The van der Waals surface area contributed by atoms with Gasteiger partial charge in [-0.05, 0) is 32.8 Å². The number of carbonyl (C=O) groups is 2. The van der Waals surface area contributed by atoms with Gasteiger partial charge >= 0.3 is 0 Å². The summed E-state index contributed by atoms with van der Waals surface area (Å²) in [6.45, 7) is 6.21. The fourth-order valence-electron chi connectivity index (χ4n) is 4.22. The van der Waals surface area contributed by atoms with Crippen LogP contribution >= 0.6 is 0 Å². The maximum absolute atomic E-state index is 13.5. The van der Waals surface area contributed by atoms with Gasteiger partial charge in [-0.25, -0.2) is 4.98 Å². The summed E-state index contributed by atoms with van der Waals surface area (Å²) in [5.74, 6) is 0.0198. The van der Waals surface area contributed by atoms with Crippen molar-refractivity contribution in [3.63, 3.8) is 0 Å². The third-order valence-electron chi connectivity index (χ3n) is 6.37. The van der Waals surface area contributed by atoms with Gasteiger partial charge in [-0.15, -0.1) is 0 Å². The molecule has 8 nitrogen and oxygen atoms in total. The summed E-state index contributed by atoms with van der Waals surface area (Å²) in [6, 6.07) is 11.7. The number of fused-ring (bicyclic) bond motifs is 1. The average molecular weight is 434 g/mol. The molecule has 1 unspecified atom stereocenters. The number of carbonyl (C=O) groups excluding carboxylic acids is 2. The molecule has 2 aromatic heterocycles. The number of nitrogens with zero attached hydrogens (tertiary/aromatic N) is 4. The van der Waals surface area contributed by atoms with Crippen LogP contribution in [0, 0.1) is 6.92 Å². The maximum atomic E-state index is 13.5. The van der Waals surface area contributed by atoms with E-state index in [-0.39, 0.29) is 17.9 Å². The smallest absolute Gasteiger partial charge is 0.259 e.